The summed E-state index contributed by atoms with van der Waals surface area (Å²) < 4.78 is 0. The van der Waals surface area contributed by atoms with Crippen molar-refractivity contribution in [3.63, 3.8) is 0 Å². The van der Waals surface area contributed by atoms with Gasteiger partial charge in [0.05, 0.1) is 0 Å². The molecule has 0 bridgehead atoms. The second kappa shape index (κ2) is 4.37. The lowest BCUT2D eigenvalue weighted by molar-refractivity contribution is 0.308. The third-order valence-electron chi connectivity index (χ3n) is 2.96. The van der Waals surface area contributed by atoms with E-state index in [1.807, 2.05) is 19.1 Å². The summed E-state index contributed by atoms with van der Waals surface area (Å²) in [5.41, 5.74) is 7.46. The van der Waals surface area contributed by atoms with Crippen LogP contribution in [0.4, 0.5) is 5.82 Å². The summed E-state index contributed by atoms with van der Waals surface area (Å²) >= 11 is 4.98. The van der Waals surface area contributed by atoms with Gasteiger partial charge in [0.1, 0.15) is 10.8 Å². The van der Waals surface area contributed by atoms with E-state index in [9.17, 15) is 0 Å². The van der Waals surface area contributed by atoms with E-state index in [1.54, 1.807) is 0 Å². The van der Waals surface area contributed by atoms with Crippen molar-refractivity contribution in [1.29, 1.82) is 0 Å². The minimum Gasteiger partial charge on any atom is -0.389 e. The van der Waals surface area contributed by atoms with Crippen LogP contribution in [0, 0.1) is 12.8 Å². The summed E-state index contributed by atoms with van der Waals surface area (Å²) in [7, 11) is 0. The van der Waals surface area contributed by atoms with Crippen molar-refractivity contribution in [3.8, 4) is 0 Å². The van der Waals surface area contributed by atoms with Gasteiger partial charge in [-0.3, -0.25) is 0 Å². The summed E-state index contributed by atoms with van der Waals surface area (Å²) in [6.07, 6.45) is 2.44. The fourth-order valence-electron chi connectivity index (χ4n) is 2.11. The van der Waals surface area contributed by atoms with Gasteiger partial charge in [-0.2, -0.15) is 0 Å². The molecule has 86 valence electrons. The number of nitrogens with two attached hydrogens (primary N) is 1. The molecule has 0 radical (unpaired) electrons. The molecule has 1 saturated carbocycles. The average molecular weight is 235 g/mol. The molecular weight excluding hydrogens is 218 g/mol. The van der Waals surface area contributed by atoms with Gasteiger partial charge in [0.2, 0.25) is 0 Å². The molecule has 4 heteroatoms. The molecule has 3 nitrogen and oxygen atoms in total. The Morgan fingerprint density at radius 2 is 2.19 bits per heavy atom. The van der Waals surface area contributed by atoms with Gasteiger partial charge in [0, 0.05) is 17.3 Å². The summed E-state index contributed by atoms with van der Waals surface area (Å²) in [5, 5.41) is 3.42. The molecule has 0 amide bonds. The zero-order valence-corrected chi connectivity index (χ0v) is 10.5. The van der Waals surface area contributed by atoms with Crippen LogP contribution in [-0.2, 0) is 0 Å². The summed E-state index contributed by atoms with van der Waals surface area (Å²) in [6.45, 7) is 4.22. The summed E-state index contributed by atoms with van der Waals surface area (Å²) in [5.74, 6) is 1.72. The Kier molecular flexibility index (Phi) is 3.10. The molecule has 0 spiro atoms. The minimum atomic E-state index is 0.426. The lowest BCUT2D eigenvalue weighted by Gasteiger charge is -2.33. The van der Waals surface area contributed by atoms with Crippen LogP contribution < -0.4 is 11.1 Å². The molecule has 1 aliphatic rings. The van der Waals surface area contributed by atoms with E-state index in [4.69, 9.17) is 18.0 Å². The molecule has 0 saturated heterocycles. The van der Waals surface area contributed by atoms with Crippen LogP contribution in [0.15, 0.2) is 12.1 Å². The summed E-state index contributed by atoms with van der Waals surface area (Å²) in [6, 6.07) is 4.40. The SMILES string of the molecule is Cc1cc(C(N)=S)cc(NC2CC(C)C2)n1. The van der Waals surface area contributed by atoms with Crippen LogP contribution >= 0.6 is 12.2 Å². The molecule has 0 aromatic carbocycles. The highest BCUT2D eigenvalue weighted by atomic mass is 32.1. The number of pyridine rings is 1. The van der Waals surface area contributed by atoms with E-state index in [0.29, 0.717) is 11.0 Å². The molecule has 0 atom stereocenters. The van der Waals surface area contributed by atoms with Crippen molar-refractivity contribution >= 4 is 23.0 Å². The maximum absolute atomic E-state index is 5.63. The first kappa shape index (κ1) is 11.3. The minimum absolute atomic E-state index is 0.426. The van der Waals surface area contributed by atoms with Gasteiger partial charge in [-0.25, -0.2) is 4.98 Å². The molecular formula is C12H17N3S. The van der Waals surface area contributed by atoms with E-state index in [0.717, 1.165) is 23.0 Å². The quantitative estimate of drug-likeness (QED) is 0.789. The first-order chi connectivity index (χ1) is 7.54. The number of thiocarbonyl (C=S) groups is 1. The maximum Gasteiger partial charge on any atom is 0.127 e. The monoisotopic (exact) mass is 235 g/mol. The van der Waals surface area contributed by atoms with Crippen molar-refractivity contribution in [2.45, 2.75) is 32.7 Å². The molecule has 0 aliphatic heterocycles. The Bertz CT molecular complexity index is 411. The second-order valence-corrected chi connectivity index (χ2v) is 5.10. The zero-order chi connectivity index (χ0) is 11.7. The normalized spacial score (nSPS) is 23.6. The summed E-state index contributed by atoms with van der Waals surface area (Å²) in [4.78, 5) is 4.86. The lowest BCUT2D eigenvalue weighted by Crippen LogP contribution is -2.34. The standard InChI is InChI=1S/C12H17N3S/c1-7-3-10(4-7)15-11-6-9(12(13)16)5-8(2)14-11/h5-7,10H,3-4H2,1-2H3,(H2,13,16)(H,14,15). The molecule has 1 aromatic heterocycles. The Morgan fingerprint density at radius 3 is 2.75 bits per heavy atom. The predicted octanol–water partition coefficient (Wildman–Crippen LogP) is 2.23. The average Bonchev–Trinajstić information content (AvgIpc) is 2.14. The highest BCUT2D eigenvalue weighted by Crippen LogP contribution is 2.29. The van der Waals surface area contributed by atoms with Crippen molar-refractivity contribution in [1.82, 2.24) is 4.98 Å². The highest BCUT2D eigenvalue weighted by molar-refractivity contribution is 7.80. The van der Waals surface area contributed by atoms with Gasteiger partial charge in [-0.1, -0.05) is 19.1 Å². The van der Waals surface area contributed by atoms with Gasteiger partial charge in [-0.15, -0.1) is 0 Å². The Morgan fingerprint density at radius 1 is 1.50 bits per heavy atom. The Hall–Kier alpha value is -1.16. The number of nitrogens with zero attached hydrogens (tertiary/aromatic N) is 1. The van der Waals surface area contributed by atoms with Crippen molar-refractivity contribution in [2.75, 3.05) is 5.32 Å². The number of rotatable bonds is 3. The van der Waals surface area contributed by atoms with Crippen LogP contribution in [0.2, 0.25) is 0 Å². The second-order valence-electron chi connectivity index (χ2n) is 4.66. The van der Waals surface area contributed by atoms with Gasteiger partial charge in [-0.05, 0) is 37.8 Å². The highest BCUT2D eigenvalue weighted by Gasteiger charge is 2.25. The van der Waals surface area contributed by atoms with Crippen LogP contribution in [0.3, 0.4) is 0 Å². The maximum atomic E-state index is 5.63. The topological polar surface area (TPSA) is 50.9 Å². The number of hydrogen-bond donors (Lipinski definition) is 2. The van der Waals surface area contributed by atoms with E-state index in [2.05, 4.69) is 17.2 Å². The smallest absolute Gasteiger partial charge is 0.127 e. The van der Waals surface area contributed by atoms with E-state index in [1.165, 1.54) is 12.8 Å². The van der Waals surface area contributed by atoms with E-state index in [-0.39, 0.29) is 0 Å². The van der Waals surface area contributed by atoms with Gasteiger partial charge >= 0.3 is 0 Å². The van der Waals surface area contributed by atoms with Gasteiger partial charge in [0.15, 0.2) is 0 Å². The molecule has 1 heterocycles. The molecule has 1 aliphatic carbocycles. The molecule has 1 fully saturated rings. The number of aromatic nitrogens is 1. The first-order valence-corrected chi connectivity index (χ1v) is 6.00. The van der Waals surface area contributed by atoms with Crippen molar-refractivity contribution in [3.05, 3.63) is 23.4 Å². The Labute approximate surface area is 101 Å². The molecule has 0 unspecified atom stereocenters. The Balaban J connectivity index is 2.11. The number of aryl methyl sites for hydroxylation is 1. The lowest BCUT2D eigenvalue weighted by atomic mass is 9.82. The van der Waals surface area contributed by atoms with Crippen LogP contribution in [0.1, 0.15) is 31.0 Å². The van der Waals surface area contributed by atoms with Gasteiger partial charge < -0.3 is 11.1 Å². The zero-order valence-electron chi connectivity index (χ0n) is 9.66. The molecule has 2 rings (SSSR count). The molecule has 3 N–H and O–H groups in total. The number of hydrogen-bond acceptors (Lipinski definition) is 3. The van der Waals surface area contributed by atoms with Gasteiger partial charge in [0.25, 0.3) is 0 Å². The molecule has 1 aromatic rings. The first-order valence-electron chi connectivity index (χ1n) is 5.59. The van der Waals surface area contributed by atoms with Crippen molar-refractivity contribution in [2.24, 2.45) is 11.7 Å². The van der Waals surface area contributed by atoms with Crippen molar-refractivity contribution < 1.29 is 0 Å². The van der Waals surface area contributed by atoms with E-state index >= 15 is 0 Å². The fourth-order valence-corrected chi connectivity index (χ4v) is 2.23. The van der Waals surface area contributed by atoms with Crippen LogP contribution in [0.25, 0.3) is 0 Å². The molecule has 16 heavy (non-hydrogen) atoms. The van der Waals surface area contributed by atoms with E-state index < -0.39 is 0 Å². The predicted molar refractivity (Wildman–Crippen MR) is 70.7 cm³/mol. The third kappa shape index (κ3) is 2.50. The number of nitrogens with one attached hydrogen (secondary N) is 1. The fraction of sp³-hybridized carbons (Fsp3) is 0.500. The number of anilines is 1. The largest absolute Gasteiger partial charge is 0.389 e. The van der Waals surface area contributed by atoms with Crippen LogP contribution in [0.5, 0.6) is 0 Å². The van der Waals surface area contributed by atoms with Crippen LogP contribution in [-0.4, -0.2) is 16.0 Å². The third-order valence-corrected chi connectivity index (χ3v) is 3.20.